The van der Waals surface area contributed by atoms with E-state index in [4.69, 9.17) is 5.14 Å². The molecule has 0 aliphatic carbocycles. The second-order valence-corrected chi connectivity index (χ2v) is 6.60. The van der Waals surface area contributed by atoms with E-state index in [0.29, 0.717) is 5.69 Å². The number of nitrogens with zero attached hydrogens (tertiary/aromatic N) is 1. The highest BCUT2D eigenvalue weighted by atomic mass is 32.2. The summed E-state index contributed by atoms with van der Waals surface area (Å²) >= 11 is 0. The Labute approximate surface area is 121 Å². The Hall–Kier alpha value is -1.11. The van der Waals surface area contributed by atoms with Crippen LogP contribution in [0.15, 0.2) is 24.3 Å². The number of nitrogens with one attached hydrogen (secondary N) is 1. The minimum absolute atomic E-state index is 0.588. The molecule has 0 saturated carbocycles. The Balaban J connectivity index is 1.98. The average molecular weight is 297 g/mol. The average Bonchev–Trinajstić information content (AvgIpc) is 2.64. The predicted octanol–water partition coefficient (Wildman–Crippen LogP) is 1.72. The summed E-state index contributed by atoms with van der Waals surface area (Å²) in [7, 11) is -3.71. The molecule has 1 aliphatic heterocycles. The van der Waals surface area contributed by atoms with Gasteiger partial charge in [-0.3, -0.25) is 4.72 Å². The number of likely N-dealkylation sites (tertiary alicyclic amines) is 1. The van der Waals surface area contributed by atoms with Gasteiger partial charge in [0.2, 0.25) is 0 Å². The van der Waals surface area contributed by atoms with E-state index in [1.165, 1.54) is 25.7 Å². The van der Waals surface area contributed by atoms with Crippen molar-refractivity contribution >= 4 is 15.9 Å². The van der Waals surface area contributed by atoms with Gasteiger partial charge < -0.3 is 4.90 Å². The number of nitrogens with two attached hydrogens (primary N) is 1. The SMILES string of the molecule is NS(=O)(=O)Nc1ccccc1CCN1CCCCCC1. The van der Waals surface area contributed by atoms with Crippen molar-refractivity contribution < 1.29 is 8.42 Å². The van der Waals surface area contributed by atoms with Gasteiger partial charge in [0.15, 0.2) is 0 Å². The molecule has 0 bridgehead atoms. The Bertz CT molecular complexity index is 523. The van der Waals surface area contributed by atoms with Gasteiger partial charge in [-0.25, -0.2) is 5.14 Å². The number of benzene rings is 1. The second kappa shape index (κ2) is 7.06. The Kier molecular flexibility index (Phi) is 5.39. The maximum Gasteiger partial charge on any atom is 0.296 e. The standard InChI is InChI=1S/C14H23N3O2S/c15-20(18,19)16-14-8-4-3-7-13(14)9-12-17-10-5-1-2-6-11-17/h3-4,7-8,16H,1-2,5-6,9-12H2,(H2,15,18,19). The summed E-state index contributed by atoms with van der Waals surface area (Å²) in [6, 6.07) is 7.43. The summed E-state index contributed by atoms with van der Waals surface area (Å²) in [4.78, 5) is 2.46. The number of hydrogen-bond acceptors (Lipinski definition) is 3. The van der Waals surface area contributed by atoms with Crippen LogP contribution >= 0.6 is 0 Å². The highest BCUT2D eigenvalue weighted by Gasteiger charge is 2.11. The molecule has 6 heteroatoms. The first kappa shape index (κ1) is 15.3. The van der Waals surface area contributed by atoms with Gasteiger partial charge in [-0.15, -0.1) is 0 Å². The van der Waals surface area contributed by atoms with Gasteiger partial charge in [0.1, 0.15) is 0 Å². The van der Waals surface area contributed by atoms with Crippen LogP contribution in [0.1, 0.15) is 31.2 Å². The number of para-hydroxylation sites is 1. The molecule has 1 heterocycles. The third kappa shape index (κ3) is 5.11. The van der Waals surface area contributed by atoms with Gasteiger partial charge in [-0.05, 0) is 44.0 Å². The van der Waals surface area contributed by atoms with Gasteiger partial charge in [-0.2, -0.15) is 8.42 Å². The molecule has 0 atom stereocenters. The van der Waals surface area contributed by atoms with Crippen LogP contribution in [0.4, 0.5) is 5.69 Å². The lowest BCUT2D eigenvalue weighted by Gasteiger charge is -2.20. The van der Waals surface area contributed by atoms with E-state index in [1.807, 2.05) is 18.2 Å². The molecular weight excluding hydrogens is 274 g/mol. The quantitative estimate of drug-likeness (QED) is 0.869. The Morgan fingerprint density at radius 2 is 1.75 bits per heavy atom. The lowest BCUT2D eigenvalue weighted by Crippen LogP contribution is -2.27. The molecule has 0 radical (unpaired) electrons. The third-order valence-electron chi connectivity index (χ3n) is 3.67. The fourth-order valence-electron chi connectivity index (χ4n) is 2.63. The van der Waals surface area contributed by atoms with E-state index < -0.39 is 10.2 Å². The molecule has 5 nitrogen and oxygen atoms in total. The zero-order valence-electron chi connectivity index (χ0n) is 11.7. The Morgan fingerprint density at radius 3 is 2.40 bits per heavy atom. The highest BCUT2D eigenvalue weighted by Crippen LogP contribution is 2.17. The third-order valence-corrected chi connectivity index (χ3v) is 4.17. The molecule has 112 valence electrons. The van der Waals surface area contributed by atoms with Crippen LogP contribution in [0.2, 0.25) is 0 Å². The lowest BCUT2D eigenvalue weighted by molar-refractivity contribution is 0.289. The number of anilines is 1. The number of hydrogen-bond donors (Lipinski definition) is 2. The summed E-state index contributed by atoms with van der Waals surface area (Å²) in [6.45, 7) is 3.25. The molecule has 3 N–H and O–H groups in total. The molecule has 0 unspecified atom stereocenters. The van der Waals surface area contributed by atoms with Crippen molar-refractivity contribution in [3.05, 3.63) is 29.8 Å². The smallest absolute Gasteiger partial charge is 0.296 e. The van der Waals surface area contributed by atoms with Crippen LogP contribution in [0.3, 0.4) is 0 Å². The van der Waals surface area contributed by atoms with Gasteiger partial charge in [-0.1, -0.05) is 31.0 Å². The van der Waals surface area contributed by atoms with Crippen molar-refractivity contribution in [1.82, 2.24) is 4.90 Å². The summed E-state index contributed by atoms with van der Waals surface area (Å²) < 4.78 is 24.7. The monoisotopic (exact) mass is 297 g/mol. The van der Waals surface area contributed by atoms with E-state index in [-0.39, 0.29) is 0 Å². The number of rotatable bonds is 5. The topological polar surface area (TPSA) is 75.4 Å². The normalized spacial score (nSPS) is 17.6. The maximum absolute atomic E-state index is 11.2. The fraction of sp³-hybridized carbons (Fsp3) is 0.571. The largest absolute Gasteiger partial charge is 0.303 e. The van der Waals surface area contributed by atoms with E-state index in [2.05, 4.69) is 9.62 Å². The van der Waals surface area contributed by atoms with Gasteiger partial charge >= 0.3 is 0 Å². The van der Waals surface area contributed by atoms with Crippen LogP contribution in [-0.4, -0.2) is 33.0 Å². The Morgan fingerprint density at radius 1 is 1.10 bits per heavy atom. The molecule has 1 aliphatic rings. The van der Waals surface area contributed by atoms with Crippen LogP contribution < -0.4 is 9.86 Å². The zero-order valence-corrected chi connectivity index (χ0v) is 12.5. The van der Waals surface area contributed by atoms with E-state index in [1.54, 1.807) is 6.07 Å². The van der Waals surface area contributed by atoms with Gasteiger partial charge in [0.25, 0.3) is 10.2 Å². The van der Waals surface area contributed by atoms with Crippen LogP contribution in [-0.2, 0) is 16.6 Å². The van der Waals surface area contributed by atoms with Crippen molar-refractivity contribution in [3.8, 4) is 0 Å². The fourth-order valence-corrected chi connectivity index (χ4v) is 3.14. The molecule has 1 fully saturated rings. The van der Waals surface area contributed by atoms with Crippen molar-refractivity contribution in [2.24, 2.45) is 5.14 Å². The van der Waals surface area contributed by atoms with Crippen LogP contribution in [0, 0.1) is 0 Å². The summed E-state index contributed by atoms with van der Waals surface area (Å²) in [5.41, 5.74) is 1.58. The first-order valence-electron chi connectivity index (χ1n) is 7.15. The van der Waals surface area contributed by atoms with Crippen molar-refractivity contribution in [1.29, 1.82) is 0 Å². The second-order valence-electron chi connectivity index (χ2n) is 5.31. The van der Waals surface area contributed by atoms with E-state index >= 15 is 0 Å². The first-order chi connectivity index (χ1) is 9.54. The minimum atomic E-state index is -3.71. The molecular formula is C14H23N3O2S. The van der Waals surface area contributed by atoms with E-state index in [9.17, 15) is 8.42 Å². The molecule has 0 spiro atoms. The predicted molar refractivity (Wildman–Crippen MR) is 81.8 cm³/mol. The molecule has 1 aromatic carbocycles. The summed E-state index contributed by atoms with van der Waals surface area (Å²) in [5, 5.41) is 5.05. The lowest BCUT2D eigenvalue weighted by atomic mass is 10.1. The van der Waals surface area contributed by atoms with Crippen LogP contribution in [0.25, 0.3) is 0 Å². The van der Waals surface area contributed by atoms with Crippen molar-refractivity contribution in [3.63, 3.8) is 0 Å². The maximum atomic E-state index is 11.2. The summed E-state index contributed by atoms with van der Waals surface area (Å²) in [5.74, 6) is 0. The van der Waals surface area contributed by atoms with Crippen LogP contribution in [0.5, 0.6) is 0 Å². The minimum Gasteiger partial charge on any atom is -0.303 e. The molecule has 0 aromatic heterocycles. The molecule has 0 amide bonds. The van der Waals surface area contributed by atoms with Gasteiger partial charge in [0.05, 0.1) is 5.69 Å². The van der Waals surface area contributed by atoms with Gasteiger partial charge in [0, 0.05) is 6.54 Å². The first-order valence-corrected chi connectivity index (χ1v) is 8.70. The molecule has 20 heavy (non-hydrogen) atoms. The molecule has 1 saturated heterocycles. The van der Waals surface area contributed by atoms with E-state index in [0.717, 1.165) is 31.6 Å². The molecule has 1 aromatic rings. The van der Waals surface area contributed by atoms with Crippen molar-refractivity contribution in [2.75, 3.05) is 24.4 Å². The summed E-state index contributed by atoms with van der Waals surface area (Å²) in [6.07, 6.45) is 5.99. The molecule has 2 rings (SSSR count). The van der Waals surface area contributed by atoms with Crippen molar-refractivity contribution in [2.45, 2.75) is 32.1 Å². The highest BCUT2D eigenvalue weighted by molar-refractivity contribution is 7.90. The zero-order chi connectivity index (χ0) is 14.4.